The van der Waals surface area contributed by atoms with Crippen molar-refractivity contribution in [3.63, 3.8) is 0 Å². The van der Waals surface area contributed by atoms with Crippen LogP contribution in [0.2, 0.25) is 0 Å². The minimum atomic E-state index is -0.916. The Balaban J connectivity index is 1.95. The molecule has 1 aromatic carbocycles. The van der Waals surface area contributed by atoms with E-state index in [0.29, 0.717) is 0 Å². The number of aromatic nitrogens is 1. The molecule has 1 aliphatic heterocycles. The summed E-state index contributed by atoms with van der Waals surface area (Å²) < 4.78 is 0. The lowest BCUT2D eigenvalue weighted by Crippen LogP contribution is -2.21. The van der Waals surface area contributed by atoms with Crippen molar-refractivity contribution in [2.45, 2.75) is 0 Å². The number of nitrogens with one attached hydrogen (secondary N) is 2. The Morgan fingerprint density at radius 1 is 1.11 bits per heavy atom. The van der Waals surface area contributed by atoms with E-state index in [1.54, 1.807) is 30.5 Å². The molecule has 3 N–H and O–H groups in total. The molecule has 2 heterocycles. The molecule has 1 aliphatic rings. The normalized spacial score (nSPS) is 13.1. The van der Waals surface area contributed by atoms with E-state index in [1.165, 1.54) is 0 Å². The fraction of sp³-hybridized carbons (Fsp3) is 0.143. The maximum Gasteiger partial charge on any atom is 0.335 e. The first kappa shape index (κ1) is 11.5. The third kappa shape index (κ3) is 2.22. The zero-order chi connectivity index (χ0) is 13.2. The molecule has 0 saturated carbocycles. The highest BCUT2D eigenvalue weighted by molar-refractivity contribution is 5.88. The summed E-state index contributed by atoms with van der Waals surface area (Å²) in [5.41, 5.74) is 3.18. The van der Waals surface area contributed by atoms with E-state index in [0.717, 1.165) is 35.7 Å². The Kier molecular flexibility index (Phi) is 2.79. The first-order valence-electron chi connectivity index (χ1n) is 6.05. The molecule has 5 nitrogen and oxygen atoms in total. The summed E-state index contributed by atoms with van der Waals surface area (Å²) in [4.78, 5) is 15.2. The van der Waals surface area contributed by atoms with E-state index in [4.69, 9.17) is 5.11 Å². The molecular formula is C14H13N3O2. The van der Waals surface area contributed by atoms with Gasteiger partial charge < -0.3 is 15.7 Å². The Labute approximate surface area is 110 Å². The van der Waals surface area contributed by atoms with Crippen LogP contribution in [0.4, 0.5) is 11.5 Å². The summed E-state index contributed by atoms with van der Waals surface area (Å²) in [5, 5.41) is 15.4. The summed E-state index contributed by atoms with van der Waals surface area (Å²) in [5.74, 6) is -0.0573. The van der Waals surface area contributed by atoms with Gasteiger partial charge in [-0.1, -0.05) is 12.1 Å². The number of fused-ring (bicyclic) bond motifs is 1. The molecule has 0 amide bonds. The van der Waals surface area contributed by atoms with Gasteiger partial charge in [-0.2, -0.15) is 0 Å². The third-order valence-electron chi connectivity index (χ3n) is 3.09. The maximum atomic E-state index is 10.8. The number of rotatable bonds is 2. The molecule has 0 aliphatic carbocycles. The predicted molar refractivity (Wildman–Crippen MR) is 73.6 cm³/mol. The number of anilines is 2. The number of hydrogen-bond donors (Lipinski definition) is 3. The van der Waals surface area contributed by atoms with E-state index in [2.05, 4.69) is 15.6 Å². The number of hydrogen-bond acceptors (Lipinski definition) is 4. The minimum Gasteiger partial charge on any atom is -0.478 e. The van der Waals surface area contributed by atoms with Crippen molar-refractivity contribution in [1.29, 1.82) is 0 Å². The van der Waals surface area contributed by atoms with Gasteiger partial charge in [0.2, 0.25) is 0 Å². The van der Waals surface area contributed by atoms with Crippen LogP contribution >= 0.6 is 0 Å². The molecule has 0 radical (unpaired) electrons. The van der Waals surface area contributed by atoms with Crippen molar-refractivity contribution >= 4 is 17.5 Å². The van der Waals surface area contributed by atoms with Crippen molar-refractivity contribution in [3.05, 3.63) is 42.1 Å². The van der Waals surface area contributed by atoms with Gasteiger partial charge in [-0.05, 0) is 23.8 Å². The number of carbonyl (C=O) groups is 1. The van der Waals surface area contributed by atoms with Crippen LogP contribution in [0.1, 0.15) is 10.4 Å². The first-order valence-corrected chi connectivity index (χ1v) is 6.05. The Hall–Kier alpha value is -2.56. The number of aromatic carboxylic acids is 1. The van der Waals surface area contributed by atoms with Gasteiger partial charge in [-0.3, -0.25) is 0 Å². The zero-order valence-electron chi connectivity index (χ0n) is 10.2. The minimum absolute atomic E-state index is 0.287. The summed E-state index contributed by atoms with van der Waals surface area (Å²) in [6, 6.07) is 8.81. The zero-order valence-corrected chi connectivity index (χ0v) is 10.2. The third-order valence-corrected chi connectivity index (χ3v) is 3.09. The predicted octanol–water partition coefficient (Wildman–Crippen LogP) is 2.28. The second-order valence-electron chi connectivity index (χ2n) is 4.36. The van der Waals surface area contributed by atoms with Gasteiger partial charge in [-0.15, -0.1) is 0 Å². The Bertz CT molecular complexity index is 623. The molecule has 0 unspecified atom stereocenters. The fourth-order valence-electron chi connectivity index (χ4n) is 2.08. The van der Waals surface area contributed by atoms with Gasteiger partial charge in [0.25, 0.3) is 0 Å². The van der Waals surface area contributed by atoms with Gasteiger partial charge in [0.15, 0.2) is 0 Å². The number of nitrogens with zero attached hydrogens (tertiary/aromatic N) is 1. The second kappa shape index (κ2) is 4.61. The molecular weight excluding hydrogens is 242 g/mol. The number of benzene rings is 1. The summed E-state index contributed by atoms with van der Waals surface area (Å²) in [6.45, 7) is 1.74. The lowest BCUT2D eigenvalue weighted by molar-refractivity contribution is 0.0697. The smallest absolute Gasteiger partial charge is 0.335 e. The highest BCUT2D eigenvalue weighted by Crippen LogP contribution is 2.28. The average Bonchev–Trinajstić information content (AvgIpc) is 2.47. The summed E-state index contributed by atoms with van der Waals surface area (Å²) >= 11 is 0. The number of carboxylic acid groups (broad SMARTS) is 1. The van der Waals surface area contributed by atoms with Crippen molar-refractivity contribution in [1.82, 2.24) is 4.98 Å². The van der Waals surface area contributed by atoms with Gasteiger partial charge in [-0.25, -0.2) is 9.78 Å². The molecule has 19 heavy (non-hydrogen) atoms. The van der Waals surface area contributed by atoms with Gasteiger partial charge in [0, 0.05) is 24.8 Å². The fourth-order valence-corrected chi connectivity index (χ4v) is 2.08. The maximum absolute atomic E-state index is 10.8. The van der Waals surface area contributed by atoms with E-state index in [1.807, 2.05) is 6.07 Å². The average molecular weight is 255 g/mol. The standard InChI is InChI=1S/C14H13N3O2/c18-14(19)10-3-1-9(2-4-10)11-7-12-13(17-8-11)16-6-5-15-12/h1-4,7-8,15H,5-6H2,(H,16,17)(H,18,19). The number of pyridine rings is 1. The van der Waals surface area contributed by atoms with Crippen LogP contribution in [0.5, 0.6) is 0 Å². The molecule has 3 rings (SSSR count). The SMILES string of the molecule is O=C(O)c1ccc(-c2cnc3c(c2)NCCN3)cc1. The topological polar surface area (TPSA) is 74.2 Å². The Morgan fingerprint density at radius 3 is 2.58 bits per heavy atom. The van der Waals surface area contributed by atoms with Crippen molar-refractivity contribution in [2.75, 3.05) is 23.7 Å². The van der Waals surface area contributed by atoms with Gasteiger partial charge in [0.1, 0.15) is 5.82 Å². The van der Waals surface area contributed by atoms with Crippen LogP contribution in [-0.4, -0.2) is 29.1 Å². The van der Waals surface area contributed by atoms with Crippen molar-refractivity contribution < 1.29 is 9.90 Å². The monoisotopic (exact) mass is 255 g/mol. The largest absolute Gasteiger partial charge is 0.478 e. The van der Waals surface area contributed by atoms with Crippen molar-refractivity contribution in [3.8, 4) is 11.1 Å². The van der Waals surface area contributed by atoms with Gasteiger partial charge in [0.05, 0.1) is 11.3 Å². The number of carboxylic acids is 1. The molecule has 5 heteroatoms. The van der Waals surface area contributed by atoms with Crippen molar-refractivity contribution in [2.24, 2.45) is 0 Å². The quantitative estimate of drug-likeness (QED) is 0.767. The van der Waals surface area contributed by atoms with Gasteiger partial charge >= 0.3 is 5.97 Å². The molecule has 0 spiro atoms. The highest BCUT2D eigenvalue weighted by Gasteiger charge is 2.10. The molecule has 2 aromatic rings. The first-order chi connectivity index (χ1) is 9.24. The van der Waals surface area contributed by atoms with E-state index in [-0.39, 0.29) is 5.56 Å². The molecule has 0 fully saturated rings. The Morgan fingerprint density at radius 2 is 1.84 bits per heavy atom. The van der Waals surface area contributed by atoms with Crippen LogP contribution < -0.4 is 10.6 Å². The van der Waals surface area contributed by atoms with E-state index in [9.17, 15) is 4.79 Å². The molecule has 0 saturated heterocycles. The van der Waals surface area contributed by atoms with Crippen LogP contribution in [0, 0.1) is 0 Å². The lowest BCUT2D eigenvalue weighted by atomic mass is 10.0. The van der Waals surface area contributed by atoms with Crippen LogP contribution in [0.3, 0.4) is 0 Å². The molecule has 0 atom stereocenters. The van der Waals surface area contributed by atoms with Crippen LogP contribution in [0.15, 0.2) is 36.5 Å². The molecule has 96 valence electrons. The molecule has 1 aromatic heterocycles. The summed E-state index contributed by atoms with van der Waals surface area (Å²) in [6.07, 6.45) is 1.79. The highest BCUT2D eigenvalue weighted by atomic mass is 16.4. The molecule has 0 bridgehead atoms. The second-order valence-corrected chi connectivity index (χ2v) is 4.36. The summed E-state index contributed by atoms with van der Waals surface area (Å²) in [7, 11) is 0. The van der Waals surface area contributed by atoms with Crippen LogP contribution in [-0.2, 0) is 0 Å². The van der Waals surface area contributed by atoms with E-state index < -0.39 is 5.97 Å². The lowest BCUT2D eigenvalue weighted by Gasteiger charge is -2.19. The van der Waals surface area contributed by atoms with Crippen LogP contribution in [0.25, 0.3) is 11.1 Å². The van der Waals surface area contributed by atoms with E-state index >= 15 is 0 Å².